The van der Waals surface area contributed by atoms with Gasteiger partial charge in [0.2, 0.25) is 0 Å². The van der Waals surface area contributed by atoms with E-state index in [1.807, 2.05) is 26.0 Å². The number of aromatic nitrogens is 4. The van der Waals surface area contributed by atoms with Crippen LogP contribution in [0, 0.1) is 12.3 Å². The monoisotopic (exact) mass is 525 g/mol. The van der Waals surface area contributed by atoms with Gasteiger partial charge < -0.3 is 19.5 Å². The van der Waals surface area contributed by atoms with Gasteiger partial charge in [-0.1, -0.05) is 18.7 Å². The van der Waals surface area contributed by atoms with Gasteiger partial charge in [-0.2, -0.15) is 0 Å². The molecule has 0 aliphatic carbocycles. The molecular formula is C27H35N5O4S. The number of aliphatic hydroxyl groups excluding tert-OH is 1. The fraction of sp³-hybridized carbons (Fsp3) is 0.556. The zero-order valence-electron chi connectivity index (χ0n) is 21.8. The summed E-state index contributed by atoms with van der Waals surface area (Å²) in [5, 5.41) is 11.6. The van der Waals surface area contributed by atoms with Crippen LogP contribution in [0.4, 0.5) is 5.82 Å². The first-order valence-electron chi connectivity index (χ1n) is 13.0. The second-order valence-electron chi connectivity index (χ2n) is 9.96. The third-order valence-corrected chi connectivity index (χ3v) is 8.87. The zero-order chi connectivity index (χ0) is 26.0. The maximum Gasteiger partial charge on any atom is 0.261 e. The maximum atomic E-state index is 13.3. The molecule has 2 aromatic heterocycles. The molecule has 1 spiro atoms. The summed E-state index contributed by atoms with van der Waals surface area (Å²) in [6, 6.07) is 3.89. The Morgan fingerprint density at radius 2 is 2.03 bits per heavy atom. The number of methoxy groups -OCH3 is 1. The number of nitrogens with zero attached hydrogens (tertiary/aromatic N) is 5. The van der Waals surface area contributed by atoms with Crippen molar-refractivity contribution in [1.29, 1.82) is 0 Å². The second kappa shape index (κ2) is 11.1. The summed E-state index contributed by atoms with van der Waals surface area (Å²) in [7, 11) is 1.62. The lowest BCUT2D eigenvalue weighted by atomic mass is 9.78. The molecule has 0 atom stereocenters. The minimum absolute atomic E-state index is 0.0638. The lowest BCUT2D eigenvalue weighted by Crippen LogP contribution is -2.41. The van der Waals surface area contributed by atoms with Gasteiger partial charge in [0.15, 0.2) is 5.82 Å². The number of aryl methyl sites for hydroxylation is 2. The predicted molar refractivity (Wildman–Crippen MR) is 143 cm³/mol. The van der Waals surface area contributed by atoms with Crippen LogP contribution in [0.5, 0.6) is 0 Å². The van der Waals surface area contributed by atoms with E-state index >= 15 is 0 Å². The van der Waals surface area contributed by atoms with Crippen molar-refractivity contribution < 1.29 is 14.6 Å². The number of anilines is 1. The fourth-order valence-electron chi connectivity index (χ4n) is 5.41. The van der Waals surface area contributed by atoms with Gasteiger partial charge in [0.1, 0.15) is 10.7 Å². The summed E-state index contributed by atoms with van der Waals surface area (Å²) in [6.45, 7) is 8.23. The molecule has 0 bridgehead atoms. The molecule has 4 heterocycles. The van der Waals surface area contributed by atoms with E-state index in [1.54, 1.807) is 18.0 Å². The predicted octanol–water partition coefficient (Wildman–Crippen LogP) is 3.35. The fourth-order valence-corrected chi connectivity index (χ4v) is 6.47. The highest BCUT2D eigenvalue weighted by Crippen LogP contribution is 2.41. The summed E-state index contributed by atoms with van der Waals surface area (Å²) in [5.41, 5.74) is 3.28. The average Bonchev–Trinajstić information content (AvgIpc) is 3.37. The van der Waals surface area contributed by atoms with Crippen LogP contribution in [-0.4, -0.2) is 64.6 Å². The number of piperidine rings is 1. The van der Waals surface area contributed by atoms with Gasteiger partial charge >= 0.3 is 0 Å². The van der Waals surface area contributed by atoms with Crippen LogP contribution < -0.4 is 10.5 Å². The largest absolute Gasteiger partial charge is 0.390 e. The third-order valence-electron chi connectivity index (χ3n) is 7.69. The second-order valence-corrected chi connectivity index (χ2v) is 11.0. The molecule has 10 heteroatoms. The van der Waals surface area contributed by atoms with E-state index < -0.39 is 0 Å². The number of hydrogen-bond donors (Lipinski definition) is 1. The summed E-state index contributed by atoms with van der Waals surface area (Å²) in [5.74, 6) is 0.776. The number of ether oxygens (including phenoxy) is 2. The minimum atomic E-state index is -0.173. The molecule has 37 heavy (non-hydrogen) atoms. The van der Waals surface area contributed by atoms with Gasteiger partial charge in [0.25, 0.3) is 5.56 Å². The van der Waals surface area contributed by atoms with Gasteiger partial charge in [-0.05, 0) is 55.7 Å². The molecule has 2 aliphatic heterocycles. The molecule has 2 saturated heterocycles. The van der Waals surface area contributed by atoms with Crippen LogP contribution in [0.25, 0.3) is 10.9 Å². The molecule has 2 fully saturated rings. The van der Waals surface area contributed by atoms with E-state index in [2.05, 4.69) is 9.88 Å². The van der Waals surface area contributed by atoms with Crippen LogP contribution in [0.1, 0.15) is 43.1 Å². The normalized spacial score (nSPS) is 17.2. The summed E-state index contributed by atoms with van der Waals surface area (Å²) in [6.07, 6.45) is 5.54. The van der Waals surface area contributed by atoms with Gasteiger partial charge in [0, 0.05) is 31.7 Å². The van der Waals surface area contributed by atoms with Crippen LogP contribution in [0.15, 0.2) is 33.2 Å². The highest BCUT2D eigenvalue weighted by molar-refractivity contribution is 7.99. The molecule has 9 nitrogen and oxygen atoms in total. The molecule has 0 saturated carbocycles. The molecule has 3 aromatic rings. The van der Waals surface area contributed by atoms with E-state index in [-0.39, 0.29) is 12.2 Å². The van der Waals surface area contributed by atoms with Gasteiger partial charge in [-0.25, -0.2) is 15.0 Å². The minimum Gasteiger partial charge on any atom is -0.390 e. The van der Waals surface area contributed by atoms with Crippen LogP contribution in [-0.2, 0) is 29.0 Å². The van der Waals surface area contributed by atoms with E-state index in [0.717, 1.165) is 72.6 Å². The van der Waals surface area contributed by atoms with Crippen molar-refractivity contribution >= 4 is 28.5 Å². The maximum absolute atomic E-state index is 13.3. The van der Waals surface area contributed by atoms with E-state index in [9.17, 15) is 9.90 Å². The lowest BCUT2D eigenvalue weighted by Gasteiger charge is -2.39. The number of rotatable bonds is 8. The smallest absolute Gasteiger partial charge is 0.261 e. The topological polar surface area (TPSA) is 103 Å². The number of hydrogen-bond acceptors (Lipinski definition) is 9. The molecule has 1 N–H and O–H groups in total. The molecule has 0 unspecified atom stereocenters. The Hall–Kier alpha value is -2.53. The Kier molecular flexibility index (Phi) is 7.80. The first-order valence-corrected chi connectivity index (χ1v) is 13.8. The Balaban J connectivity index is 1.45. The summed E-state index contributed by atoms with van der Waals surface area (Å²) < 4.78 is 12.4. The van der Waals surface area contributed by atoms with Crippen molar-refractivity contribution in [2.24, 2.45) is 5.41 Å². The summed E-state index contributed by atoms with van der Waals surface area (Å²) >= 11 is 1.49. The van der Waals surface area contributed by atoms with Gasteiger partial charge in [-0.3, -0.25) is 9.36 Å². The van der Waals surface area contributed by atoms with E-state index in [0.29, 0.717) is 41.6 Å². The zero-order valence-corrected chi connectivity index (χ0v) is 22.6. The highest BCUT2D eigenvalue weighted by Gasteiger charge is 2.38. The molecule has 2 aliphatic rings. The SMILES string of the molecule is CCc1c(Sc2nc(CO)c(N3CCC4(CCOC4)CC3)nc2C)ccc2ncn(CCOC)c(=O)c12. The van der Waals surface area contributed by atoms with Crippen LogP contribution in [0.3, 0.4) is 0 Å². The molecule has 0 amide bonds. The van der Waals surface area contributed by atoms with Crippen molar-refractivity contribution in [3.8, 4) is 0 Å². The molecule has 5 rings (SSSR count). The van der Waals surface area contributed by atoms with Crippen LogP contribution in [0.2, 0.25) is 0 Å². The first kappa shape index (κ1) is 26.1. The average molecular weight is 526 g/mol. The molecule has 1 aromatic carbocycles. The van der Waals surface area contributed by atoms with Gasteiger partial charge in [0.05, 0.1) is 49.3 Å². The summed E-state index contributed by atoms with van der Waals surface area (Å²) in [4.78, 5) is 30.8. The molecular weight excluding hydrogens is 490 g/mol. The Morgan fingerprint density at radius 3 is 2.70 bits per heavy atom. The number of fused-ring (bicyclic) bond motifs is 1. The van der Waals surface area contributed by atoms with E-state index in [4.69, 9.17) is 19.4 Å². The van der Waals surface area contributed by atoms with Crippen molar-refractivity contribution in [3.63, 3.8) is 0 Å². The lowest BCUT2D eigenvalue weighted by molar-refractivity contribution is 0.133. The Labute approximate surface area is 221 Å². The van der Waals surface area contributed by atoms with Crippen molar-refractivity contribution in [1.82, 2.24) is 19.5 Å². The van der Waals surface area contributed by atoms with Crippen molar-refractivity contribution in [2.45, 2.75) is 62.6 Å². The van der Waals surface area contributed by atoms with Crippen LogP contribution >= 0.6 is 11.8 Å². The molecule has 198 valence electrons. The highest BCUT2D eigenvalue weighted by atomic mass is 32.2. The molecule has 0 radical (unpaired) electrons. The Morgan fingerprint density at radius 1 is 1.22 bits per heavy atom. The van der Waals surface area contributed by atoms with E-state index in [1.165, 1.54) is 11.8 Å². The quantitative estimate of drug-likeness (QED) is 0.474. The standard InChI is InChI=1S/C27H35N5O4S/c1-4-19-22(6-5-20-23(19)26(34)32(17-28-20)12-14-35-3)37-25-18(2)29-24(21(15-33)30-25)31-10-7-27(8-11-31)9-13-36-16-27/h5-6,17,33H,4,7-16H2,1-3H3. The Bertz CT molecular complexity index is 1330. The van der Waals surface area contributed by atoms with Crippen molar-refractivity contribution in [3.05, 3.63) is 45.8 Å². The number of aliphatic hydroxyl groups is 1. The first-order chi connectivity index (χ1) is 18.0. The van der Waals surface area contributed by atoms with Gasteiger partial charge in [-0.15, -0.1) is 0 Å². The third kappa shape index (κ3) is 5.12. The van der Waals surface area contributed by atoms with Crippen molar-refractivity contribution in [2.75, 3.05) is 44.9 Å². The number of benzene rings is 1.